The van der Waals surface area contributed by atoms with Gasteiger partial charge in [-0.15, -0.1) is 13.2 Å². The largest absolute Gasteiger partial charge is 0.244 e. The molecule has 4 heteroatoms. The molecule has 0 unspecified atom stereocenters. The molecule has 23 heavy (non-hydrogen) atoms. The number of aryl methyl sites for hydroxylation is 1. The first-order valence-corrected chi connectivity index (χ1v) is 8.81. The van der Waals surface area contributed by atoms with E-state index in [-0.39, 0.29) is 11.4 Å². The summed E-state index contributed by atoms with van der Waals surface area (Å²) in [6.07, 6.45) is 3.23. The fraction of sp³-hybridized carbons (Fsp3) is 0.158. The van der Waals surface area contributed by atoms with Crippen LogP contribution in [0, 0.1) is 6.92 Å². The van der Waals surface area contributed by atoms with Crippen molar-refractivity contribution in [3.63, 3.8) is 0 Å². The highest BCUT2D eigenvalue weighted by molar-refractivity contribution is 7.89. The Morgan fingerprint density at radius 2 is 1.65 bits per heavy atom. The summed E-state index contributed by atoms with van der Waals surface area (Å²) in [6, 6.07) is 15.9. The molecule has 0 aromatic heterocycles. The zero-order valence-corrected chi connectivity index (χ0v) is 14.0. The van der Waals surface area contributed by atoms with Crippen LogP contribution in [0.25, 0.3) is 0 Å². The first kappa shape index (κ1) is 17.2. The average molecular weight is 327 g/mol. The monoisotopic (exact) mass is 327 g/mol. The highest BCUT2D eigenvalue weighted by Gasteiger charge is 2.29. The second-order valence-corrected chi connectivity index (χ2v) is 7.16. The Morgan fingerprint density at radius 1 is 1.04 bits per heavy atom. The van der Waals surface area contributed by atoms with Crippen LogP contribution in [0.3, 0.4) is 0 Å². The van der Waals surface area contributed by atoms with Crippen molar-refractivity contribution in [3.05, 3.63) is 91.0 Å². The Hall–Kier alpha value is -2.17. The quantitative estimate of drug-likeness (QED) is 0.718. The number of hydrogen-bond acceptors (Lipinski definition) is 2. The van der Waals surface area contributed by atoms with E-state index in [0.717, 1.165) is 11.1 Å². The molecule has 0 spiro atoms. The molecule has 0 radical (unpaired) electrons. The lowest BCUT2D eigenvalue weighted by atomic mass is 10.1. The highest BCUT2D eigenvalue weighted by Crippen LogP contribution is 2.28. The third-order valence-corrected chi connectivity index (χ3v) is 5.47. The van der Waals surface area contributed by atoms with Crippen LogP contribution in [0.2, 0.25) is 0 Å². The first-order valence-electron chi connectivity index (χ1n) is 7.37. The Labute approximate surface area is 138 Å². The van der Waals surface area contributed by atoms with Crippen molar-refractivity contribution < 1.29 is 8.42 Å². The van der Waals surface area contributed by atoms with Gasteiger partial charge < -0.3 is 0 Å². The minimum absolute atomic E-state index is 0.210. The van der Waals surface area contributed by atoms with Gasteiger partial charge in [0, 0.05) is 6.54 Å². The summed E-state index contributed by atoms with van der Waals surface area (Å²) in [7, 11) is -3.65. The van der Waals surface area contributed by atoms with Gasteiger partial charge in [0.05, 0.1) is 10.9 Å². The predicted molar refractivity (Wildman–Crippen MR) is 94.6 cm³/mol. The third kappa shape index (κ3) is 3.78. The van der Waals surface area contributed by atoms with E-state index in [2.05, 4.69) is 13.2 Å². The number of benzene rings is 2. The summed E-state index contributed by atoms with van der Waals surface area (Å²) in [5.74, 6) is 0. The summed E-state index contributed by atoms with van der Waals surface area (Å²) in [4.78, 5) is 0.271. The fourth-order valence-electron chi connectivity index (χ4n) is 2.40. The number of rotatable bonds is 7. The van der Waals surface area contributed by atoms with Crippen molar-refractivity contribution in [1.82, 2.24) is 4.31 Å². The minimum atomic E-state index is -3.65. The molecule has 0 heterocycles. The fourth-order valence-corrected chi connectivity index (χ4v) is 3.96. The number of nitrogens with zero attached hydrogens (tertiary/aromatic N) is 1. The predicted octanol–water partition coefficient (Wildman–Crippen LogP) is 4.10. The topological polar surface area (TPSA) is 37.4 Å². The standard InChI is InChI=1S/C19H21NO2S/c1-4-15-20(19(5-2)17-9-7-6-8-10-17)23(21,22)18-13-11-16(3)12-14-18/h4-14,19H,1-2,15H2,3H3/t19-/m0/s1. The van der Waals surface area contributed by atoms with E-state index in [1.54, 1.807) is 36.4 Å². The smallest absolute Gasteiger partial charge is 0.207 e. The van der Waals surface area contributed by atoms with Gasteiger partial charge in [0.15, 0.2) is 0 Å². The normalized spacial score (nSPS) is 12.8. The van der Waals surface area contributed by atoms with E-state index < -0.39 is 16.1 Å². The van der Waals surface area contributed by atoms with Gasteiger partial charge in [-0.25, -0.2) is 8.42 Å². The van der Waals surface area contributed by atoms with Gasteiger partial charge in [-0.3, -0.25) is 0 Å². The SMILES string of the molecule is C=CCN([C@@H](C=C)c1ccccc1)S(=O)(=O)c1ccc(C)cc1. The molecule has 0 aliphatic rings. The van der Waals surface area contributed by atoms with Crippen LogP contribution < -0.4 is 0 Å². The average Bonchev–Trinajstić information content (AvgIpc) is 2.56. The highest BCUT2D eigenvalue weighted by atomic mass is 32.2. The number of hydrogen-bond donors (Lipinski definition) is 0. The molecule has 2 rings (SSSR count). The Morgan fingerprint density at radius 3 is 2.17 bits per heavy atom. The molecular formula is C19H21NO2S. The Balaban J connectivity index is 2.49. The molecule has 0 bridgehead atoms. The molecule has 1 atom stereocenters. The van der Waals surface area contributed by atoms with Gasteiger partial charge in [0.1, 0.15) is 0 Å². The van der Waals surface area contributed by atoms with Crippen molar-refractivity contribution in [1.29, 1.82) is 0 Å². The summed E-state index contributed by atoms with van der Waals surface area (Å²) >= 11 is 0. The zero-order valence-electron chi connectivity index (χ0n) is 13.2. The van der Waals surface area contributed by atoms with Crippen LogP contribution in [-0.2, 0) is 10.0 Å². The van der Waals surface area contributed by atoms with Crippen LogP contribution in [0.1, 0.15) is 17.2 Å². The van der Waals surface area contributed by atoms with Gasteiger partial charge in [-0.2, -0.15) is 4.31 Å². The third-order valence-electron chi connectivity index (χ3n) is 3.61. The van der Waals surface area contributed by atoms with Crippen molar-refractivity contribution in [2.75, 3.05) is 6.54 Å². The summed E-state index contributed by atoms with van der Waals surface area (Å²) in [6.45, 7) is 9.65. The van der Waals surface area contributed by atoms with Crippen LogP contribution >= 0.6 is 0 Å². The molecule has 0 N–H and O–H groups in total. The molecule has 0 saturated carbocycles. The lowest BCUT2D eigenvalue weighted by Crippen LogP contribution is -2.34. The maximum atomic E-state index is 13.0. The maximum Gasteiger partial charge on any atom is 0.244 e. The van der Waals surface area contributed by atoms with Crippen molar-refractivity contribution in [2.45, 2.75) is 17.9 Å². The molecule has 3 nitrogen and oxygen atoms in total. The van der Waals surface area contributed by atoms with E-state index in [1.807, 2.05) is 37.3 Å². The molecule has 2 aromatic rings. The van der Waals surface area contributed by atoms with Crippen molar-refractivity contribution in [3.8, 4) is 0 Å². The Bertz CT molecular complexity index is 765. The minimum Gasteiger partial charge on any atom is -0.207 e. The molecule has 120 valence electrons. The van der Waals surface area contributed by atoms with Crippen LogP contribution in [-0.4, -0.2) is 19.3 Å². The second kappa shape index (κ2) is 7.40. The van der Waals surface area contributed by atoms with Crippen molar-refractivity contribution >= 4 is 10.0 Å². The molecule has 2 aromatic carbocycles. The van der Waals surface area contributed by atoms with E-state index in [9.17, 15) is 8.42 Å². The van der Waals surface area contributed by atoms with Crippen LogP contribution in [0.5, 0.6) is 0 Å². The van der Waals surface area contributed by atoms with E-state index in [0.29, 0.717) is 0 Å². The van der Waals surface area contributed by atoms with Crippen LogP contribution in [0.15, 0.2) is 84.8 Å². The summed E-state index contributed by atoms with van der Waals surface area (Å²) in [5.41, 5.74) is 1.89. The molecule has 0 fully saturated rings. The molecule has 0 saturated heterocycles. The van der Waals surface area contributed by atoms with Crippen LogP contribution in [0.4, 0.5) is 0 Å². The van der Waals surface area contributed by atoms with Crippen molar-refractivity contribution in [2.24, 2.45) is 0 Å². The lowest BCUT2D eigenvalue weighted by Gasteiger charge is -2.28. The second-order valence-electron chi connectivity index (χ2n) is 5.27. The molecule has 0 amide bonds. The van der Waals surface area contributed by atoms with Gasteiger partial charge in [0.25, 0.3) is 0 Å². The molecule has 0 aliphatic heterocycles. The van der Waals surface area contributed by atoms with Gasteiger partial charge >= 0.3 is 0 Å². The lowest BCUT2D eigenvalue weighted by molar-refractivity contribution is 0.398. The molecule has 0 aliphatic carbocycles. The zero-order chi connectivity index (χ0) is 16.9. The first-order chi connectivity index (χ1) is 11.0. The van der Waals surface area contributed by atoms with Gasteiger partial charge in [-0.1, -0.05) is 60.2 Å². The van der Waals surface area contributed by atoms with E-state index >= 15 is 0 Å². The maximum absolute atomic E-state index is 13.0. The molecular weight excluding hydrogens is 306 g/mol. The van der Waals surface area contributed by atoms with Gasteiger partial charge in [0.2, 0.25) is 10.0 Å². The van der Waals surface area contributed by atoms with Gasteiger partial charge in [-0.05, 0) is 24.6 Å². The number of sulfonamides is 1. The van der Waals surface area contributed by atoms with E-state index in [1.165, 1.54) is 4.31 Å². The summed E-state index contributed by atoms with van der Waals surface area (Å²) < 4.78 is 27.5. The van der Waals surface area contributed by atoms with E-state index in [4.69, 9.17) is 0 Å². The summed E-state index contributed by atoms with van der Waals surface area (Å²) in [5, 5.41) is 0. The Kier molecular flexibility index (Phi) is 5.53.